The highest BCUT2D eigenvalue weighted by molar-refractivity contribution is 7.45. The zero-order valence-corrected chi connectivity index (χ0v) is 44.7. The van der Waals surface area contributed by atoms with Gasteiger partial charge in [-0.15, -0.1) is 0 Å². The smallest absolute Gasteiger partial charge is 0.306 e. The SMILES string of the molecule is CC/C=C\C/C=C\C/C=C\C/C=C\C/C=C\C/C=C\C/C=C\C/C=C\C/C=C\CCCCCCCCCCCCCC(=O)OC(COC(=O)CCCCCCC)COP(=O)([O-])OCC[N+](C)(C)C. The minimum atomic E-state index is -4.62. The van der Waals surface area contributed by atoms with Gasteiger partial charge >= 0.3 is 11.9 Å². The topological polar surface area (TPSA) is 111 Å². The fourth-order valence-electron chi connectivity index (χ4n) is 6.71. The summed E-state index contributed by atoms with van der Waals surface area (Å²) >= 11 is 0. The first-order valence-corrected chi connectivity index (χ1v) is 28.1. The van der Waals surface area contributed by atoms with Crippen LogP contribution < -0.4 is 4.89 Å². The number of unbranched alkanes of at least 4 members (excludes halogenated alkanes) is 15. The molecule has 2 unspecified atom stereocenters. The van der Waals surface area contributed by atoms with Crippen LogP contribution in [0, 0.1) is 0 Å². The van der Waals surface area contributed by atoms with Crippen LogP contribution in [0.4, 0.5) is 0 Å². The Labute approximate surface area is 416 Å². The van der Waals surface area contributed by atoms with E-state index < -0.39 is 32.5 Å². The number of phosphoric ester groups is 1. The fourth-order valence-corrected chi connectivity index (χ4v) is 7.43. The van der Waals surface area contributed by atoms with Gasteiger partial charge in [-0.3, -0.25) is 14.2 Å². The average molecular weight is 968 g/mol. The molecule has 0 aliphatic carbocycles. The molecule has 0 spiro atoms. The van der Waals surface area contributed by atoms with Crippen molar-refractivity contribution in [3.05, 3.63) is 109 Å². The van der Waals surface area contributed by atoms with E-state index in [2.05, 4.69) is 123 Å². The molecule has 0 fully saturated rings. The van der Waals surface area contributed by atoms with Crippen LogP contribution in [0.25, 0.3) is 0 Å². The lowest BCUT2D eigenvalue weighted by Crippen LogP contribution is -2.37. The van der Waals surface area contributed by atoms with Gasteiger partial charge in [0.1, 0.15) is 19.8 Å². The highest BCUT2D eigenvalue weighted by atomic mass is 31.2. The maximum Gasteiger partial charge on any atom is 0.306 e. The molecule has 0 aromatic rings. The lowest BCUT2D eigenvalue weighted by Gasteiger charge is -2.28. The van der Waals surface area contributed by atoms with Crippen LogP contribution in [0.15, 0.2) is 109 Å². The number of carbonyl (C=O) groups excluding carboxylic acids is 2. The lowest BCUT2D eigenvalue weighted by atomic mass is 10.0. The summed E-state index contributed by atoms with van der Waals surface area (Å²) in [4.78, 5) is 37.3. The zero-order valence-electron chi connectivity index (χ0n) is 43.8. The van der Waals surface area contributed by atoms with Crippen molar-refractivity contribution < 1.29 is 42.1 Å². The zero-order chi connectivity index (χ0) is 49.9. The van der Waals surface area contributed by atoms with E-state index in [1.165, 1.54) is 44.9 Å². The molecule has 0 N–H and O–H groups in total. The van der Waals surface area contributed by atoms with Crippen molar-refractivity contribution in [1.82, 2.24) is 0 Å². The fraction of sp³-hybridized carbons (Fsp3) is 0.655. The molecule has 0 radical (unpaired) electrons. The number of nitrogens with zero attached hydrogens (tertiary/aromatic N) is 1. The van der Waals surface area contributed by atoms with Gasteiger partial charge in [0, 0.05) is 12.8 Å². The first kappa shape index (κ1) is 64.7. The Morgan fingerprint density at radius 3 is 1.25 bits per heavy atom. The molecule has 0 rings (SSSR count). The molecule has 0 aliphatic rings. The normalized spacial score (nSPS) is 14.3. The molecule has 0 amide bonds. The van der Waals surface area contributed by atoms with Crippen LogP contribution >= 0.6 is 7.82 Å². The molecule has 9 nitrogen and oxygen atoms in total. The van der Waals surface area contributed by atoms with E-state index in [4.69, 9.17) is 18.5 Å². The van der Waals surface area contributed by atoms with Crippen molar-refractivity contribution in [2.24, 2.45) is 0 Å². The molecular formula is C58H98NO8P. The molecule has 0 saturated heterocycles. The molecule has 0 heterocycles. The van der Waals surface area contributed by atoms with E-state index >= 15 is 0 Å². The maximum absolute atomic E-state index is 12.7. The molecule has 0 saturated carbocycles. The second kappa shape index (κ2) is 48.7. The third-order valence-electron chi connectivity index (χ3n) is 10.8. The van der Waals surface area contributed by atoms with Crippen molar-refractivity contribution in [3.63, 3.8) is 0 Å². The monoisotopic (exact) mass is 968 g/mol. The van der Waals surface area contributed by atoms with Gasteiger partial charge in [-0.1, -0.05) is 207 Å². The quantitative estimate of drug-likeness (QED) is 0.0195. The van der Waals surface area contributed by atoms with Crippen molar-refractivity contribution >= 4 is 19.8 Å². The molecule has 2 atom stereocenters. The molecule has 0 aromatic heterocycles. The van der Waals surface area contributed by atoms with Crippen LogP contribution in [0.3, 0.4) is 0 Å². The van der Waals surface area contributed by atoms with Gasteiger partial charge in [0.25, 0.3) is 7.82 Å². The maximum atomic E-state index is 12.7. The van der Waals surface area contributed by atoms with Crippen LogP contribution in [0.1, 0.15) is 194 Å². The van der Waals surface area contributed by atoms with Crippen LogP contribution in [0.5, 0.6) is 0 Å². The number of rotatable bonds is 47. The number of hydrogen-bond donors (Lipinski definition) is 0. The number of phosphoric acid groups is 1. The second-order valence-electron chi connectivity index (χ2n) is 18.5. The van der Waals surface area contributed by atoms with E-state index in [1.54, 1.807) is 0 Å². The lowest BCUT2D eigenvalue weighted by molar-refractivity contribution is -0.870. The van der Waals surface area contributed by atoms with Crippen LogP contribution in [-0.4, -0.2) is 70.0 Å². The third kappa shape index (κ3) is 52.0. The number of allylic oxidation sites excluding steroid dienone is 18. The predicted molar refractivity (Wildman–Crippen MR) is 286 cm³/mol. The largest absolute Gasteiger partial charge is 0.756 e. The summed E-state index contributed by atoms with van der Waals surface area (Å²) in [6.45, 7) is 3.99. The van der Waals surface area contributed by atoms with Gasteiger partial charge in [0.05, 0.1) is 27.7 Å². The van der Waals surface area contributed by atoms with Crippen molar-refractivity contribution in [3.8, 4) is 0 Å². The predicted octanol–water partition coefficient (Wildman–Crippen LogP) is 15.6. The average Bonchev–Trinajstić information content (AvgIpc) is 3.30. The Balaban J connectivity index is 3.94. The van der Waals surface area contributed by atoms with Gasteiger partial charge in [0.15, 0.2) is 6.10 Å². The van der Waals surface area contributed by atoms with Gasteiger partial charge in [-0.25, -0.2) is 0 Å². The summed E-state index contributed by atoms with van der Waals surface area (Å²) in [7, 11) is 1.15. The van der Waals surface area contributed by atoms with Crippen molar-refractivity contribution in [1.29, 1.82) is 0 Å². The molecule has 0 aliphatic heterocycles. The van der Waals surface area contributed by atoms with Crippen molar-refractivity contribution in [2.75, 3.05) is 47.5 Å². The highest BCUT2D eigenvalue weighted by Crippen LogP contribution is 2.38. The van der Waals surface area contributed by atoms with Crippen molar-refractivity contribution in [2.45, 2.75) is 200 Å². The van der Waals surface area contributed by atoms with Gasteiger partial charge < -0.3 is 27.9 Å². The third-order valence-corrected chi connectivity index (χ3v) is 11.8. The summed E-state index contributed by atoms with van der Waals surface area (Å²) in [5, 5.41) is 0. The summed E-state index contributed by atoms with van der Waals surface area (Å²) in [5.41, 5.74) is 0. The summed E-state index contributed by atoms with van der Waals surface area (Å²) < 4.78 is 33.7. The van der Waals surface area contributed by atoms with E-state index in [9.17, 15) is 19.0 Å². The minimum absolute atomic E-state index is 0.0352. The van der Waals surface area contributed by atoms with Crippen LogP contribution in [-0.2, 0) is 32.7 Å². The van der Waals surface area contributed by atoms with Gasteiger partial charge in [-0.2, -0.15) is 0 Å². The standard InChI is InChI=1S/C58H98NO8P/c1-6-8-10-12-13-14-15-16-17-18-19-20-21-22-23-24-25-26-27-28-29-30-31-32-33-34-35-36-37-38-39-40-41-42-43-44-45-47-49-51-58(61)67-56(54-64-57(60)50-48-46-11-9-7-2)55-66-68(62,63)65-53-52-59(3,4)5/h8,10,13-14,16-17,19-20,22-23,25-26,28-29,31-32,34-35,56H,6-7,9,11-12,15,18,21,24,27,30,33,36-55H2,1-5H3/b10-8-,14-13-,17-16-,20-19-,23-22-,26-25-,29-28-,32-31-,35-34-. The molecule has 0 bridgehead atoms. The molecule has 0 aromatic carbocycles. The number of esters is 2. The Kier molecular flexibility index (Phi) is 46.3. The Bertz CT molecular complexity index is 1520. The summed E-state index contributed by atoms with van der Waals surface area (Å²) in [6, 6.07) is 0. The number of hydrogen-bond acceptors (Lipinski definition) is 8. The summed E-state index contributed by atoms with van der Waals surface area (Å²) in [6.07, 6.45) is 67.7. The second-order valence-corrected chi connectivity index (χ2v) is 19.9. The first-order valence-electron chi connectivity index (χ1n) is 26.6. The van der Waals surface area contributed by atoms with Crippen LogP contribution in [0.2, 0.25) is 0 Å². The Morgan fingerprint density at radius 2 is 0.838 bits per heavy atom. The van der Waals surface area contributed by atoms with E-state index in [-0.39, 0.29) is 26.1 Å². The molecule has 388 valence electrons. The summed E-state index contributed by atoms with van der Waals surface area (Å²) in [5.74, 6) is -0.858. The van der Waals surface area contributed by atoms with Gasteiger partial charge in [-0.05, 0) is 83.5 Å². The Morgan fingerprint density at radius 1 is 0.471 bits per heavy atom. The number of ether oxygens (including phenoxy) is 2. The minimum Gasteiger partial charge on any atom is -0.756 e. The Hall–Kier alpha value is -3.33. The number of likely N-dealkylation sites (N-methyl/N-ethyl adjacent to an activating group) is 1. The van der Waals surface area contributed by atoms with E-state index in [1.807, 2.05) is 21.1 Å². The number of quaternary nitrogens is 1. The van der Waals surface area contributed by atoms with E-state index in [0.717, 1.165) is 116 Å². The highest BCUT2D eigenvalue weighted by Gasteiger charge is 2.21. The molecular weight excluding hydrogens is 870 g/mol. The molecule has 10 heteroatoms. The van der Waals surface area contributed by atoms with Gasteiger partial charge in [0.2, 0.25) is 0 Å². The first-order chi connectivity index (χ1) is 33.0. The number of carbonyl (C=O) groups is 2. The van der Waals surface area contributed by atoms with E-state index in [0.29, 0.717) is 17.4 Å². The molecule has 68 heavy (non-hydrogen) atoms.